The van der Waals surface area contributed by atoms with E-state index in [0.717, 1.165) is 0 Å². The molecule has 1 aromatic carbocycles. The van der Waals surface area contributed by atoms with Crippen LogP contribution in [0.15, 0.2) is 36.5 Å². The van der Waals surface area contributed by atoms with Crippen LogP contribution < -0.4 is 10.1 Å². The summed E-state index contributed by atoms with van der Waals surface area (Å²) in [7, 11) is 0. The Hall–Kier alpha value is -2.38. The monoisotopic (exact) mass is 436 g/mol. The molecule has 1 aromatic heterocycles. The first kappa shape index (κ1) is 22.3. The van der Waals surface area contributed by atoms with Gasteiger partial charge in [-0.05, 0) is 57.5 Å². The highest BCUT2D eigenvalue weighted by molar-refractivity contribution is 6.30. The van der Waals surface area contributed by atoms with E-state index in [1.54, 1.807) is 24.3 Å². The fraction of sp³-hybridized carbons (Fsp3) is 0.455. The normalized spacial score (nSPS) is 19.2. The maximum atomic E-state index is 14.6. The molecule has 1 fully saturated rings. The number of benzene rings is 1. The standard InChI is InChI=1S/C22H26ClFN2O4/c1-22(2,3)30-21(27)26-19-8-9-28-12-15(19)13-29-20-7-4-14(10-17(20)24)18-6-5-16(23)11-25-18/h4-7,10-11,15,19H,8-9,12-13H2,1-3H3,(H,26,27). The largest absolute Gasteiger partial charge is 0.490 e. The van der Waals surface area contributed by atoms with E-state index in [9.17, 15) is 9.18 Å². The van der Waals surface area contributed by atoms with Gasteiger partial charge in [0.2, 0.25) is 0 Å². The van der Waals surface area contributed by atoms with Crippen molar-refractivity contribution in [2.45, 2.75) is 38.8 Å². The minimum absolute atomic E-state index is 0.122. The molecule has 1 aliphatic rings. The minimum Gasteiger partial charge on any atom is -0.490 e. The van der Waals surface area contributed by atoms with E-state index >= 15 is 0 Å². The molecule has 2 aromatic rings. The second-order valence-electron chi connectivity index (χ2n) is 8.19. The predicted octanol–water partition coefficient (Wildman–Crippen LogP) is 4.85. The number of aromatic nitrogens is 1. The third kappa shape index (κ3) is 6.31. The molecular formula is C22H26ClFN2O4. The molecule has 0 spiro atoms. The number of halogens is 2. The summed E-state index contributed by atoms with van der Waals surface area (Å²) < 4.78 is 31.1. The second kappa shape index (κ2) is 9.62. The zero-order valence-electron chi connectivity index (χ0n) is 17.3. The summed E-state index contributed by atoms with van der Waals surface area (Å²) in [4.78, 5) is 16.3. The molecular weight excluding hydrogens is 411 g/mol. The van der Waals surface area contributed by atoms with E-state index < -0.39 is 17.5 Å². The highest BCUT2D eigenvalue weighted by atomic mass is 35.5. The summed E-state index contributed by atoms with van der Waals surface area (Å²) in [6.07, 6.45) is 1.67. The van der Waals surface area contributed by atoms with Crippen LogP contribution in [0.1, 0.15) is 27.2 Å². The molecule has 2 heterocycles. The van der Waals surface area contributed by atoms with E-state index in [4.69, 9.17) is 25.8 Å². The molecule has 1 aliphatic heterocycles. The van der Waals surface area contributed by atoms with Gasteiger partial charge in [-0.3, -0.25) is 4.98 Å². The van der Waals surface area contributed by atoms with Gasteiger partial charge < -0.3 is 19.5 Å². The lowest BCUT2D eigenvalue weighted by Gasteiger charge is -2.32. The van der Waals surface area contributed by atoms with Crippen LogP contribution in [0.5, 0.6) is 5.75 Å². The van der Waals surface area contributed by atoms with E-state index in [2.05, 4.69) is 10.3 Å². The number of nitrogens with zero attached hydrogens (tertiary/aromatic N) is 1. The maximum absolute atomic E-state index is 14.6. The minimum atomic E-state index is -0.578. The molecule has 0 radical (unpaired) electrons. The highest BCUT2D eigenvalue weighted by Crippen LogP contribution is 2.26. The van der Waals surface area contributed by atoms with Crippen molar-refractivity contribution in [2.24, 2.45) is 5.92 Å². The zero-order chi connectivity index (χ0) is 21.7. The van der Waals surface area contributed by atoms with Crippen molar-refractivity contribution in [1.29, 1.82) is 0 Å². The summed E-state index contributed by atoms with van der Waals surface area (Å²) in [5.74, 6) is -0.477. The Kier molecular flexibility index (Phi) is 7.15. The van der Waals surface area contributed by atoms with Crippen LogP contribution >= 0.6 is 11.6 Å². The fourth-order valence-corrected chi connectivity index (χ4v) is 3.24. The third-order valence-corrected chi connectivity index (χ3v) is 4.81. The van der Waals surface area contributed by atoms with Gasteiger partial charge in [-0.15, -0.1) is 0 Å². The summed E-state index contributed by atoms with van der Waals surface area (Å²) in [5.41, 5.74) is 0.666. The first-order valence-corrected chi connectivity index (χ1v) is 10.2. The molecule has 0 saturated carbocycles. The molecule has 1 saturated heterocycles. The quantitative estimate of drug-likeness (QED) is 0.725. The van der Waals surface area contributed by atoms with Crippen LogP contribution in [0, 0.1) is 11.7 Å². The lowest BCUT2D eigenvalue weighted by molar-refractivity contribution is 0.00394. The number of hydrogen-bond acceptors (Lipinski definition) is 5. The number of carbonyl (C=O) groups excluding carboxylic acids is 1. The Labute approximate surface area is 180 Å². The van der Waals surface area contributed by atoms with Gasteiger partial charge in [-0.1, -0.05) is 11.6 Å². The van der Waals surface area contributed by atoms with E-state index in [0.29, 0.717) is 35.9 Å². The molecule has 1 amide bonds. The molecule has 6 nitrogen and oxygen atoms in total. The number of amides is 1. The van der Waals surface area contributed by atoms with Crippen molar-refractivity contribution >= 4 is 17.7 Å². The van der Waals surface area contributed by atoms with Gasteiger partial charge in [-0.2, -0.15) is 0 Å². The first-order chi connectivity index (χ1) is 14.2. The van der Waals surface area contributed by atoms with Crippen LogP contribution in [0.3, 0.4) is 0 Å². The van der Waals surface area contributed by atoms with Gasteiger partial charge in [0.1, 0.15) is 5.60 Å². The Balaban J connectivity index is 1.61. The number of carbonyl (C=O) groups is 1. The van der Waals surface area contributed by atoms with E-state index in [-0.39, 0.29) is 24.3 Å². The lowest BCUT2D eigenvalue weighted by Crippen LogP contribution is -2.48. The smallest absolute Gasteiger partial charge is 0.407 e. The van der Waals surface area contributed by atoms with Gasteiger partial charge in [0, 0.05) is 30.3 Å². The number of alkyl carbamates (subject to hydrolysis) is 1. The van der Waals surface area contributed by atoms with Gasteiger partial charge in [0.05, 0.1) is 23.9 Å². The first-order valence-electron chi connectivity index (χ1n) is 9.83. The van der Waals surface area contributed by atoms with Crippen molar-refractivity contribution in [2.75, 3.05) is 19.8 Å². The van der Waals surface area contributed by atoms with Crippen LogP contribution in [0.25, 0.3) is 11.3 Å². The van der Waals surface area contributed by atoms with E-state index in [1.807, 2.05) is 20.8 Å². The third-order valence-electron chi connectivity index (χ3n) is 4.58. The molecule has 2 unspecified atom stereocenters. The van der Waals surface area contributed by atoms with Crippen molar-refractivity contribution in [3.8, 4) is 17.0 Å². The summed E-state index contributed by atoms with van der Waals surface area (Å²) in [5, 5.41) is 3.39. The number of hydrogen-bond donors (Lipinski definition) is 1. The molecule has 1 N–H and O–H groups in total. The molecule has 0 bridgehead atoms. The van der Waals surface area contributed by atoms with Gasteiger partial charge in [0.25, 0.3) is 0 Å². The molecule has 2 atom stereocenters. The topological polar surface area (TPSA) is 69.7 Å². The van der Waals surface area contributed by atoms with Crippen molar-refractivity contribution in [3.05, 3.63) is 47.4 Å². The predicted molar refractivity (Wildman–Crippen MR) is 112 cm³/mol. The van der Waals surface area contributed by atoms with Crippen LogP contribution in [-0.4, -0.2) is 42.5 Å². The summed E-state index contributed by atoms with van der Waals surface area (Å²) >= 11 is 5.84. The van der Waals surface area contributed by atoms with Gasteiger partial charge in [0.15, 0.2) is 11.6 Å². The SMILES string of the molecule is CC(C)(C)OC(=O)NC1CCOCC1COc1ccc(-c2ccc(Cl)cn2)cc1F. The average molecular weight is 437 g/mol. The van der Waals surface area contributed by atoms with Crippen LogP contribution in [-0.2, 0) is 9.47 Å². The second-order valence-corrected chi connectivity index (χ2v) is 8.63. The average Bonchev–Trinajstić information content (AvgIpc) is 2.67. The molecule has 30 heavy (non-hydrogen) atoms. The van der Waals surface area contributed by atoms with Crippen molar-refractivity contribution < 1.29 is 23.4 Å². The maximum Gasteiger partial charge on any atom is 0.407 e. The van der Waals surface area contributed by atoms with Crippen molar-refractivity contribution in [3.63, 3.8) is 0 Å². The molecule has 3 rings (SSSR count). The number of nitrogens with one attached hydrogen (secondary N) is 1. The van der Waals surface area contributed by atoms with Crippen molar-refractivity contribution in [1.82, 2.24) is 10.3 Å². The summed E-state index contributed by atoms with van der Waals surface area (Å²) in [6, 6.07) is 7.94. The Morgan fingerprint density at radius 1 is 1.33 bits per heavy atom. The Morgan fingerprint density at radius 3 is 2.80 bits per heavy atom. The van der Waals surface area contributed by atoms with Crippen LogP contribution in [0.4, 0.5) is 9.18 Å². The zero-order valence-corrected chi connectivity index (χ0v) is 18.0. The van der Waals surface area contributed by atoms with Gasteiger partial charge >= 0.3 is 6.09 Å². The highest BCUT2D eigenvalue weighted by Gasteiger charge is 2.29. The summed E-state index contributed by atoms with van der Waals surface area (Å²) in [6.45, 7) is 6.58. The molecule has 0 aliphatic carbocycles. The van der Waals surface area contributed by atoms with E-state index in [1.165, 1.54) is 12.3 Å². The fourth-order valence-electron chi connectivity index (χ4n) is 3.13. The van der Waals surface area contributed by atoms with Gasteiger partial charge in [-0.25, -0.2) is 9.18 Å². The number of rotatable bonds is 5. The molecule has 8 heteroatoms. The van der Waals surface area contributed by atoms with Crippen LogP contribution in [0.2, 0.25) is 5.02 Å². The Morgan fingerprint density at radius 2 is 2.13 bits per heavy atom. The number of ether oxygens (including phenoxy) is 3. The number of pyridine rings is 1. The molecule has 162 valence electrons. The lowest BCUT2D eigenvalue weighted by atomic mass is 9.97. The Bertz CT molecular complexity index is 870.